The lowest BCUT2D eigenvalue weighted by Crippen LogP contribution is -2.34. The van der Waals surface area contributed by atoms with Crippen LogP contribution in [0.1, 0.15) is 32.4 Å². The van der Waals surface area contributed by atoms with Crippen LogP contribution in [0.15, 0.2) is 70.6 Å². The van der Waals surface area contributed by atoms with Crippen molar-refractivity contribution in [1.82, 2.24) is 14.9 Å². The van der Waals surface area contributed by atoms with E-state index in [0.29, 0.717) is 22.6 Å². The summed E-state index contributed by atoms with van der Waals surface area (Å²) in [6, 6.07) is 17.4. The lowest BCUT2D eigenvalue weighted by molar-refractivity contribution is -0.120. The third kappa shape index (κ3) is 4.39. The van der Waals surface area contributed by atoms with E-state index in [4.69, 9.17) is 4.98 Å². The van der Waals surface area contributed by atoms with E-state index in [-0.39, 0.29) is 23.3 Å². The smallest absolute Gasteiger partial charge is 0.262 e. The van der Waals surface area contributed by atoms with E-state index in [9.17, 15) is 14.0 Å². The number of hydrogen-bond acceptors (Lipinski definition) is 4. The van der Waals surface area contributed by atoms with E-state index in [1.54, 1.807) is 23.6 Å². The molecule has 0 aliphatic carbocycles. The van der Waals surface area contributed by atoms with Crippen molar-refractivity contribution < 1.29 is 9.18 Å². The van der Waals surface area contributed by atoms with Crippen molar-refractivity contribution in [2.45, 2.75) is 43.8 Å². The van der Waals surface area contributed by atoms with Crippen molar-refractivity contribution in [2.24, 2.45) is 0 Å². The molecule has 4 aromatic rings. The summed E-state index contributed by atoms with van der Waals surface area (Å²) in [6.45, 7) is 5.98. The predicted molar refractivity (Wildman–Crippen MR) is 127 cm³/mol. The van der Waals surface area contributed by atoms with Crippen LogP contribution in [0.5, 0.6) is 0 Å². The van der Waals surface area contributed by atoms with Crippen LogP contribution in [0.25, 0.3) is 21.7 Å². The molecule has 5 nitrogen and oxygen atoms in total. The lowest BCUT2D eigenvalue weighted by Gasteiger charge is -2.19. The normalized spacial score (nSPS) is 13.2. The minimum atomic E-state index is -0.472. The standard InChI is InChI=1S/C25H24FN3O2S/c1-4-29-24(31)21-13-18-7-5-6-8-19(18)14-22(21)28-25(29)32-16(3)23(30)27-15(2)17-9-11-20(26)12-10-17/h5-16H,4H2,1-3H3,(H,27,30). The second-order valence-corrected chi connectivity index (χ2v) is 9.01. The summed E-state index contributed by atoms with van der Waals surface area (Å²) in [5.41, 5.74) is 1.32. The van der Waals surface area contributed by atoms with Gasteiger partial charge in [-0.1, -0.05) is 48.2 Å². The molecule has 0 fully saturated rings. The highest BCUT2D eigenvalue weighted by molar-refractivity contribution is 8.00. The van der Waals surface area contributed by atoms with Crippen molar-refractivity contribution in [3.8, 4) is 0 Å². The summed E-state index contributed by atoms with van der Waals surface area (Å²) in [5, 5.41) is 5.56. The van der Waals surface area contributed by atoms with Crippen LogP contribution < -0.4 is 10.9 Å². The van der Waals surface area contributed by atoms with Crippen molar-refractivity contribution in [3.63, 3.8) is 0 Å². The summed E-state index contributed by atoms with van der Waals surface area (Å²) in [5.74, 6) is -0.494. The number of aromatic nitrogens is 2. The molecule has 0 spiro atoms. The van der Waals surface area contributed by atoms with E-state index < -0.39 is 5.25 Å². The summed E-state index contributed by atoms with van der Waals surface area (Å²) >= 11 is 1.26. The highest BCUT2D eigenvalue weighted by Crippen LogP contribution is 2.26. The molecular formula is C25H24FN3O2S. The zero-order valence-corrected chi connectivity index (χ0v) is 18.9. The van der Waals surface area contributed by atoms with Gasteiger partial charge in [0.2, 0.25) is 5.91 Å². The Kier molecular flexibility index (Phi) is 6.28. The Labute approximate surface area is 189 Å². The maximum absolute atomic E-state index is 13.2. The molecule has 2 unspecified atom stereocenters. The molecule has 0 aliphatic rings. The van der Waals surface area contributed by atoms with Gasteiger partial charge in [0, 0.05) is 6.54 Å². The molecule has 0 radical (unpaired) electrons. The first-order valence-corrected chi connectivity index (χ1v) is 11.4. The molecule has 1 N–H and O–H groups in total. The van der Waals surface area contributed by atoms with E-state index in [0.717, 1.165) is 16.3 Å². The molecule has 2 atom stereocenters. The monoisotopic (exact) mass is 449 g/mol. The Bertz CT molecular complexity index is 1350. The first-order valence-electron chi connectivity index (χ1n) is 10.5. The third-order valence-corrected chi connectivity index (χ3v) is 6.57. The molecule has 0 bridgehead atoms. The number of rotatable bonds is 6. The summed E-state index contributed by atoms with van der Waals surface area (Å²) in [4.78, 5) is 30.7. The molecule has 164 valence electrons. The minimum Gasteiger partial charge on any atom is -0.349 e. The number of carbonyl (C=O) groups is 1. The van der Waals surface area contributed by atoms with Crippen molar-refractivity contribution in [2.75, 3.05) is 0 Å². The van der Waals surface area contributed by atoms with Crippen LogP contribution >= 0.6 is 11.8 Å². The number of fused-ring (bicyclic) bond motifs is 2. The van der Waals surface area contributed by atoms with Crippen LogP contribution in [0, 0.1) is 5.82 Å². The van der Waals surface area contributed by atoms with Crippen LogP contribution in [0.4, 0.5) is 4.39 Å². The third-order valence-electron chi connectivity index (χ3n) is 5.48. The van der Waals surface area contributed by atoms with Crippen LogP contribution in [0.3, 0.4) is 0 Å². The average Bonchev–Trinajstić information content (AvgIpc) is 2.78. The van der Waals surface area contributed by atoms with E-state index in [1.165, 1.54) is 23.9 Å². The molecule has 7 heteroatoms. The molecule has 1 amide bonds. The highest BCUT2D eigenvalue weighted by Gasteiger charge is 2.21. The topological polar surface area (TPSA) is 64.0 Å². The number of benzene rings is 3. The van der Waals surface area contributed by atoms with E-state index in [2.05, 4.69) is 5.32 Å². The van der Waals surface area contributed by atoms with Gasteiger partial charge < -0.3 is 5.32 Å². The van der Waals surface area contributed by atoms with Gasteiger partial charge in [-0.25, -0.2) is 9.37 Å². The fraction of sp³-hybridized carbons (Fsp3) is 0.240. The lowest BCUT2D eigenvalue weighted by atomic mass is 10.1. The van der Waals surface area contributed by atoms with Crippen molar-refractivity contribution >= 4 is 39.3 Å². The Hall–Kier alpha value is -3.19. The van der Waals surface area contributed by atoms with Crippen LogP contribution in [-0.4, -0.2) is 20.7 Å². The Morgan fingerprint density at radius 2 is 1.75 bits per heavy atom. The van der Waals surface area contributed by atoms with Gasteiger partial charge in [0.25, 0.3) is 5.56 Å². The zero-order chi connectivity index (χ0) is 22.8. The van der Waals surface area contributed by atoms with Gasteiger partial charge in [-0.2, -0.15) is 0 Å². The number of hydrogen-bond donors (Lipinski definition) is 1. The van der Waals surface area contributed by atoms with Gasteiger partial charge in [-0.3, -0.25) is 14.2 Å². The number of nitrogens with one attached hydrogen (secondary N) is 1. The summed E-state index contributed by atoms with van der Waals surface area (Å²) in [7, 11) is 0. The van der Waals surface area contributed by atoms with Gasteiger partial charge in [0.05, 0.1) is 22.2 Å². The molecular weight excluding hydrogens is 425 g/mol. The molecule has 1 aromatic heterocycles. The van der Waals surface area contributed by atoms with Crippen molar-refractivity contribution in [3.05, 3.63) is 82.4 Å². The molecule has 4 rings (SSSR count). The molecule has 0 saturated carbocycles. The maximum Gasteiger partial charge on any atom is 0.262 e. The number of amides is 1. The van der Waals surface area contributed by atoms with Crippen LogP contribution in [0.2, 0.25) is 0 Å². The number of halogens is 1. The Morgan fingerprint density at radius 1 is 1.09 bits per heavy atom. The van der Waals surface area contributed by atoms with Gasteiger partial charge in [0.15, 0.2) is 5.16 Å². The first kappa shape index (κ1) is 22.0. The van der Waals surface area contributed by atoms with Crippen molar-refractivity contribution in [1.29, 1.82) is 0 Å². The summed E-state index contributed by atoms with van der Waals surface area (Å²) < 4.78 is 14.8. The number of carbonyl (C=O) groups excluding carboxylic acids is 1. The van der Waals surface area contributed by atoms with E-state index in [1.807, 2.05) is 50.2 Å². The first-order chi connectivity index (χ1) is 15.4. The van der Waals surface area contributed by atoms with E-state index >= 15 is 0 Å². The zero-order valence-electron chi connectivity index (χ0n) is 18.1. The van der Waals surface area contributed by atoms with Crippen LogP contribution in [-0.2, 0) is 11.3 Å². The Balaban J connectivity index is 1.60. The minimum absolute atomic E-state index is 0.113. The number of nitrogens with zero attached hydrogens (tertiary/aromatic N) is 2. The average molecular weight is 450 g/mol. The van der Waals surface area contributed by atoms with Gasteiger partial charge in [-0.15, -0.1) is 0 Å². The predicted octanol–water partition coefficient (Wildman–Crippen LogP) is 5.07. The number of thioether (sulfide) groups is 1. The fourth-order valence-electron chi connectivity index (χ4n) is 3.63. The van der Waals surface area contributed by atoms with Gasteiger partial charge >= 0.3 is 0 Å². The molecule has 0 aliphatic heterocycles. The molecule has 32 heavy (non-hydrogen) atoms. The molecule has 0 saturated heterocycles. The SMILES string of the molecule is CCn1c(SC(C)C(=O)NC(C)c2ccc(F)cc2)nc2cc3ccccc3cc2c1=O. The highest BCUT2D eigenvalue weighted by atomic mass is 32.2. The van der Waals surface area contributed by atoms with Gasteiger partial charge in [0.1, 0.15) is 5.82 Å². The fourth-order valence-corrected chi connectivity index (χ4v) is 4.62. The Morgan fingerprint density at radius 3 is 2.41 bits per heavy atom. The summed E-state index contributed by atoms with van der Waals surface area (Å²) in [6.07, 6.45) is 0. The largest absolute Gasteiger partial charge is 0.349 e. The quantitative estimate of drug-likeness (QED) is 0.254. The second kappa shape index (κ2) is 9.12. The molecule has 3 aromatic carbocycles. The maximum atomic E-state index is 13.2. The van der Waals surface area contributed by atoms with Gasteiger partial charge in [-0.05, 0) is 61.4 Å². The molecule has 1 heterocycles. The second-order valence-electron chi connectivity index (χ2n) is 7.70.